The van der Waals surface area contributed by atoms with Gasteiger partial charge in [0, 0.05) is 11.8 Å². The van der Waals surface area contributed by atoms with Gasteiger partial charge in [0.1, 0.15) is 11.8 Å². The number of methoxy groups -OCH3 is 1. The lowest BCUT2D eigenvalue weighted by atomic mass is 10.1. The number of amides is 2. The summed E-state index contributed by atoms with van der Waals surface area (Å²) in [7, 11) is 1.56. The van der Waals surface area contributed by atoms with E-state index in [1.807, 2.05) is 6.26 Å². The molecule has 0 radical (unpaired) electrons. The van der Waals surface area contributed by atoms with Gasteiger partial charge >= 0.3 is 0 Å². The molecule has 7 heteroatoms. The second-order valence-electron chi connectivity index (χ2n) is 5.51. The topological polar surface area (TPSA) is 67.4 Å². The SMILES string of the molecule is COc1cccc(NC(=O)C(CCSC)NC(=O)c2ccccc2Cl)c1. The standard InChI is InChI=1S/C19H21ClN2O3S/c1-25-14-7-5-6-13(12-14)21-19(24)17(10-11-26-2)22-18(23)15-8-3-4-9-16(15)20/h3-9,12,17H,10-11H2,1-2H3,(H,21,24)(H,22,23). The Balaban J connectivity index is 2.11. The van der Waals surface area contributed by atoms with Gasteiger partial charge in [-0.3, -0.25) is 9.59 Å². The van der Waals surface area contributed by atoms with Crippen LogP contribution in [-0.2, 0) is 4.79 Å². The highest BCUT2D eigenvalue weighted by Gasteiger charge is 2.22. The molecular formula is C19H21ClN2O3S. The molecular weight excluding hydrogens is 372 g/mol. The number of ether oxygens (including phenoxy) is 1. The van der Waals surface area contributed by atoms with Crippen molar-refractivity contribution in [2.75, 3.05) is 24.4 Å². The summed E-state index contributed by atoms with van der Waals surface area (Å²) in [5.74, 6) is 0.720. The summed E-state index contributed by atoms with van der Waals surface area (Å²) in [6.45, 7) is 0. The van der Waals surface area contributed by atoms with E-state index in [2.05, 4.69) is 10.6 Å². The Hall–Kier alpha value is -2.18. The van der Waals surface area contributed by atoms with Crippen molar-refractivity contribution < 1.29 is 14.3 Å². The zero-order valence-corrected chi connectivity index (χ0v) is 16.2. The molecule has 0 bridgehead atoms. The Labute approximate surface area is 162 Å². The second-order valence-corrected chi connectivity index (χ2v) is 6.90. The maximum Gasteiger partial charge on any atom is 0.253 e. The van der Waals surface area contributed by atoms with Gasteiger partial charge in [0.15, 0.2) is 0 Å². The fraction of sp³-hybridized carbons (Fsp3) is 0.263. The minimum absolute atomic E-state index is 0.285. The predicted molar refractivity (Wildman–Crippen MR) is 107 cm³/mol. The normalized spacial score (nSPS) is 11.5. The van der Waals surface area contributed by atoms with Crippen molar-refractivity contribution in [2.24, 2.45) is 0 Å². The van der Waals surface area contributed by atoms with E-state index in [9.17, 15) is 9.59 Å². The van der Waals surface area contributed by atoms with Gasteiger partial charge in [-0.1, -0.05) is 29.8 Å². The Bertz CT molecular complexity index is 770. The predicted octanol–water partition coefficient (Wildman–Crippen LogP) is 3.84. The van der Waals surface area contributed by atoms with Gasteiger partial charge in [-0.05, 0) is 42.7 Å². The molecule has 2 aromatic rings. The molecule has 0 aromatic heterocycles. The van der Waals surface area contributed by atoms with Crippen LogP contribution in [-0.4, -0.2) is 37.0 Å². The summed E-state index contributed by atoms with van der Waals surface area (Å²) in [5, 5.41) is 5.95. The number of nitrogens with one attached hydrogen (secondary N) is 2. The number of carbonyl (C=O) groups is 2. The van der Waals surface area contributed by atoms with Gasteiger partial charge in [0.25, 0.3) is 5.91 Å². The summed E-state index contributed by atoms with van der Waals surface area (Å²) < 4.78 is 5.16. The van der Waals surface area contributed by atoms with E-state index in [0.29, 0.717) is 28.4 Å². The van der Waals surface area contributed by atoms with Crippen LogP contribution in [0.5, 0.6) is 5.75 Å². The first-order chi connectivity index (χ1) is 12.5. The van der Waals surface area contributed by atoms with Crippen LogP contribution in [0.1, 0.15) is 16.8 Å². The molecule has 5 nitrogen and oxygen atoms in total. The number of halogens is 1. The molecule has 2 rings (SSSR count). The Kier molecular flexibility index (Phi) is 7.81. The van der Waals surface area contributed by atoms with E-state index in [-0.39, 0.29) is 11.8 Å². The van der Waals surface area contributed by atoms with E-state index in [1.54, 1.807) is 67.4 Å². The maximum absolute atomic E-state index is 12.7. The lowest BCUT2D eigenvalue weighted by Gasteiger charge is -2.19. The van der Waals surface area contributed by atoms with Crippen LogP contribution in [0.15, 0.2) is 48.5 Å². The van der Waals surface area contributed by atoms with Crippen LogP contribution in [0.4, 0.5) is 5.69 Å². The molecule has 2 amide bonds. The lowest BCUT2D eigenvalue weighted by molar-refractivity contribution is -0.118. The fourth-order valence-electron chi connectivity index (χ4n) is 2.32. The molecule has 1 atom stereocenters. The number of rotatable bonds is 8. The highest BCUT2D eigenvalue weighted by atomic mass is 35.5. The minimum atomic E-state index is -0.669. The van der Waals surface area contributed by atoms with Crippen molar-refractivity contribution in [3.05, 3.63) is 59.1 Å². The number of benzene rings is 2. The number of hydrogen-bond acceptors (Lipinski definition) is 4. The number of carbonyl (C=O) groups excluding carboxylic acids is 2. The third kappa shape index (κ3) is 5.68. The number of anilines is 1. The van der Waals surface area contributed by atoms with E-state index in [0.717, 1.165) is 5.75 Å². The first-order valence-corrected chi connectivity index (χ1v) is 9.81. The van der Waals surface area contributed by atoms with Crippen LogP contribution in [0.25, 0.3) is 0 Å². The molecule has 0 fully saturated rings. The lowest BCUT2D eigenvalue weighted by Crippen LogP contribution is -2.44. The molecule has 1 unspecified atom stereocenters. The largest absolute Gasteiger partial charge is 0.497 e. The Morgan fingerprint density at radius 1 is 1.19 bits per heavy atom. The van der Waals surface area contributed by atoms with Crippen molar-refractivity contribution in [1.82, 2.24) is 5.32 Å². The summed E-state index contributed by atoms with van der Waals surface area (Å²) in [6, 6.07) is 13.1. The quantitative estimate of drug-likeness (QED) is 0.716. The van der Waals surface area contributed by atoms with Crippen LogP contribution in [0.3, 0.4) is 0 Å². The van der Waals surface area contributed by atoms with Crippen molar-refractivity contribution in [3.63, 3.8) is 0 Å². The summed E-state index contributed by atoms with van der Waals surface area (Å²) in [5.41, 5.74) is 0.952. The van der Waals surface area contributed by atoms with Crippen molar-refractivity contribution in [1.29, 1.82) is 0 Å². The zero-order chi connectivity index (χ0) is 18.9. The van der Waals surface area contributed by atoms with Crippen molar-refractivity contribution in [2.45, 2.75) is 12.5 Å². The van der Waals surface area contributed by atoms with E-state index in [4.69, 9.17) is 16.3 Å². The molecule has 2 aromatic carbocycles. The van der Waals surface area contributed by atoms with Crippen LogP contribution in [0.2, 0.25) is 5.02 Å². The zero-order valence-electron chi connectivity index (χ0n) is 14.6. The van der Waals surface area contributed by atoms with Crippen molar-refractivity contribution >= 4 is 40.9 Å². The number of hydrogen-bond donors (Lipinski definition) is 2. The average molecular weight is 393 g/mol. The minimum Gasteiger partial charge on any atom is -0.497 e. The van der Waals surface area contributed by atoms with Gasteiger partial charge in [0.2, 0.25) is 5.91 Å². The van der Waals surface area contributed by atoms with Gasteiger partial charge in [-0.15, -0.1) is 0 Å². The maximum atomic E-state index is 12.7. The molecule has 0 heterocycles. The van der Waals surface area contributed by atoms with Crippen LogP contribution in [0, 0.1) is 0 Å². The Morgan fingerprint density at radius 3 is 2.65 bits per heavy atom. The first kappa shape index (κ1) is 20.1. The molecule has 0 aliphatic heterocycles. The molecule has 2 N–H and O–H groups in total. The van der Waals surface area contributed by atoms with Gasteiger partial charge in [-0.2, -0.15) is 11.8 Å². The second kappa shape index (κ2) is 10.1. The monoisotopic (exact) mass is 392 g/mol. The third-order valence-corrected chi connectivity index (χ3v) is 4.66. The smallest absolute Gasteiger partial charge is 0.253 e. The van der Waals surface area contributed by atoms with Crippen LogP contribution >= 0.6 is 23.4 Å². The molecule has 26 heavy (non-hydrogen) atoms. The van der Waals surface area contributed by atoms with Crippen molar-refractivity contribution in [3.8, 4) is 5.75 Å². The number of thioether (sulfide) groups is 1. The van der Waals surface area contributed by atoms with E-state index < -0.39 is 6.04 Å². The van der Waals surface area contributed by atoms with Crippen LogP contribution < -0.4 is 15.4 Å². The van der Waals surface area contributed by atoms with Gasteiger partial charge in [-0.25, -0.2) is 0 Å². The molecule has 0 saturated heterocycles. The molecule has 0 aliphatic carbocycles. The fourth-order valence-corrected chi connectivity index (χ4v) is 3.01. The highest BCUT2D eigenvalue weighted by molar-refractivity contribution is 7.98. The van der Waals surface area contributed by atoms with Gasteiger partial charge < -0.3 is 15.4 Å². The summed E-state index contributed by atoms with van der Waals surface area (Å²) in [6.07, 6.45) is 2.46. The molecule has 0 spiro atoms. The van der Waals surface area contributed by atoms with E-state index in [1.165, 1.54) is 0 Å². The summed E-state index contributed by atoms with van der Waals surface area (Å²) >= 11 is 7.68. The molecule has 0 saturated carbocycles. The molecule has 0 aliphatic rings. The van der Waals surface area contributed by atoms with E-state index >= 15 is 0 Å². The first-order valence-electron chi connectivity index (χ1n) is 8.04. The molecule has 138 valence electrons. The van der Waals surface area contributed by atoms with Gasteiger partial charge in [0.05, 0.1) is 17.7 Å². The Morgan fingerprint density at radius 2 is 1.96 bits per heavy atom. The highest BCUT2D eigenvalue weighted by Crippen LogP contribution is 2.18. The third-order valence-electron chi connectivity index (χ3n) is 3.69. The summed E-state index contributed by atoms with van der Waals surface area (Å²) in [4.78, 5) is 25.2. The average Bonchev–Trinajstić information content (AvgIpc) is 2.65.